The van der Waals surface area contributed by atoms with Crippen molar-refractivity contribution in [3.63, 3.8) is 0 Å². The van der Waals surface area contributed by atoms with Crippen LogP contribution in [0.5, 0.6) is 0 Å². The van der Waals surface area contributed by atoms with Gasteiger partial charge in [0.05, 0.1) is 12.2 Å². The molecule has 1 N–H and O–H groups in total. The van der Waals surface area contributed by atoms with Gasteiger partial charge in [-0.1, -0.05) is 24.3 Å². The summed E-state index contributed by atoms with van der Waals surface area (Å²) in [5.74, 6) is 0.0968. The van der Waals surface area contributed by atoms with Crippen molar-refractivity contribution in [3.05, 3.63) is 47.5 Å². The average molecular weight is 245 g/mol. The minimum absolute atomic E-state index is 0.251. The van der Waals surface area contributed by atoms with Crippen LogP contribution in [0.1, 0.15) is 35.2 Å². The van der Waals surface area contributed by atoms with Crippen LogP contribution in [0.3, 0.4) is 0 Å². The van der Waals surface area contributed by atoms with E-state index in [0.717, 1.165) is 25.1 Å². The third-order valence-corrected chi connectivity index (χ3v) is 3.25. The maximum atomic E-state index is 11.7. The van der Waals surface area contributed by atoms with Gasteiger partial charge in [-0.05, 0) is 37.6 Å². The molecule has 1 heterocycles. The minimum atomic E-state index is -0.251. The third kappa shape index (κ3) is 2.79. The Bertz CT molecular complexity index is 454. The van der Waals surface area contributed by atoms with Gasteiger partial charge in [0.25, 0.3) is 0 Å². The lowest BCUT2D eigenvalue weighted by Gasteiger charge is -2.26. The zero-order valence-corrected chi connectivity index (χ0v) is 10.7. The van der Waals surface area contributed by atoms with Crippen molar-refractivity contribution < 1.29 is 9.53 Å². The molecule has 0 aromatic heterocycles. The Labute approximate surface area is 108 Å². The first kappa shape index (κ1) is 12.8. The lowest BCUT2D eigenvalue weighted by Crippen LogP contribution is -2.28. The van der Waals surface area contributed by atoms with Crippen molar-refractivity contribution in [2.75, 3.05) is 19.7 Å². The maximum absolute atomic E-state index is 11.7. The number of piperidine rings is 1. The summed E-state index contributed by atoms with van der Waals surface area (Å²) in [7, 11) is 0. The zero-order chi connectivity index (χ0) is 13.0. The van der Waals surface area contributed by atoms with E-state index in [1.54, 1.807) is 6.07 Å². The quantitative estimate of drug-likeness (QED) is 0.657. The number of benzene rings is 1. The fourth-order valence-electron chi connectivity index (χ4n) is 2.32. The van der Waals surface area contributed by atoms with Gasteiger partial charge >= 0.3 is 5.97 Å². The second kappa shape index (κ2) is 5.83. The van der Waals surface area contributed by atoms with Gasteiger partial charge in [0.2, 0.25) is 0 Å². The molecule has 3 heteroatoms. The summed E-state index contributed by atoms with van der Waals surface area (Å²) in [4.78, 5) is 11.7. The molecule has 1 aromatic carbocycles. The Morgan fingerprint density at radius 3 is 3.11 bits per heavy atom. The number of carbonyl (C=O) groups is 1. The summed E-state index contributed by atoms with van der Waals surface area (Å²) >= 11 is 0. The molecule has 0 unspecified atom stereocenters. The molecular formula is C15H19NO2. The highest BCUT2D eigenvalue weighted by atomic mass is 16.5. The van der Waals surface area contributed by atoms with E-state index < -0.39 is 0 Å². The van der Waals surface area contributed by atoms with Crippen molar-refractivity contribution in [1.29, 1.82) is 0 Å². The van der Waals surface area contributed by atoms with Gasteiger partial charge < -0.3 is 10.1 Å². The lowest BCUT2D eigenvalue weighted by atomic mass is 9.86. The minimum Gasteiger partial charge on any atom is -0.462 e. The van der Waals surface area contributed by atoms with Crippen LogP contribution in [-0.4, -0.2) is 25.7 Å². The zero-order valence-electron chi connectivity index (χ0n) is 10.7. The van der Waals surface area contributed by atoms with Crippen LogP contribution in [0.25, 0.3) is 0 Å². The van der Waals surface area contributed by atoms with Crippen LogP contribution in [-0.2, 0) is 4.74 Å². The monoisotopic (exact) mass is 245 g/mol. The largest absolute Gasteiger partial charge is 0.462 e. The maximum Gasteiger partial charge on any atom is 0.338 e. The number of rotatable bonds is 3. The molecule has 1 saturated heterocycles. The predicted octanol–water partition coefficient (Wildman–Crippen LogP) is 2.50. The molecule has 1 atom stereocenters. The molecule has 0 spiro atoms. The molecule has 0 saturated carbocycles. The Morgan fingerprint density at radius 1 is 1.56 bits per heavy atom. The number of hydrogen-bond acceptors (Lipinski definition) is 3. The Hall–Kier alpha value is -1.61. The van der Waals surface area contributed by atoms with E-state index in [4.69, 9.17) is 4.74 Å². The van der Waals surface area contributed by atoms with Crippen LogP contribution < -0.4 is 5.32 Å². The summed E-state index contributed by atoms with van der Waals surface area (Å²) < 4.78 is 5.02. The number of nitrogens with one attached hydrogen (secondary N) is 1. The summed E-state index contributed by atoms with van der Waals surface area (Å²) in [6, 6.07) is 7.70. The van der Waals surface area contributed by atoms with Crippen LogP contribution >= 0.6 is 0 Å². The highest BCUT2D eigenvalue weighted by Gasteiger charge is 2.19. The van der Waals surface area contributed by atoms with Crippen LogP contribution in [0.2, 0.25) is 0 Å². The molecule has 0 aliphatic carbocycles. The molecule has 96 valence electrons. The molecule has 1 aromatic rings. The molecule has 1 fully saturated rings. The summed E-state index contributed by atoms with van der Waals surface area (Å²) in [6.45, 7) is 8.17. The Kier molecular flexibility index (Phi) is 4.15. The SMILES string of the molecule is C=C1CNCC[C@@H]1c1cccc(C(=O)OCC)c1. The van der Waals surface area contributed by atoms with E-state index in [9.17, 15) is 4.79 Å². The van der Waals surface area contributed by atoms with Crippen molar-refractivity contribution in [3.8, 4) is 0 Å². The van der Waals surface area contributed by atoms with Gasteiger partial charge in [0, 0.05) is 12.5 Å². The van der Waals surface area contributed by atoms with E-state index in [-0.39, 0.29) is 5.97 Å². The normalized spacial score (nSPS) is 19.6. The molecule has 2 rings (SSSR count). The van der Waals surface area contributed by atoms with Gasteiger partial charge in [-0.15, -0.1) is 0 Å². The molecule has 1 aliphatic rings. The standard InChI is InChI=1S/C15H19NO2/c1-3-18-15(17)13-6-4-5-12(9-13)14-7-8-16-10-11(14)2/h4-6,9,14,16H,2-3,7-8,10H2,1H3/t14-/m0/s1. The summed E-state index contributed by atoms with van der Waals surface area (Å²) in [5, 5.41) is 3.30. The topological polar surface area (TPSA) is 38.3 Å². The second-order valence-electron chi connectivity index (χ2n) is 4.52. The van der Waals surface area contributed by atoms with E-state index in [1.165, 1.54) is 5.57 Å². The van der Waals surface area contributed by atoms with Gasteiger partial charge in [0.1, 0.15) is 0 Å². The van der Waals surface area contributed by atoms with Crippen LogP contribution in [0.4, 0.5) is 0 Å². The smallest absolute Gasteiger partial charge is 0.338 e. The number of hydrogen-bond donors (Lipinski definition) is 1. The molecular weight excluding hydrogens is 226 g/mol. The van der Waals surface area contributed by atoms with E-state index in [0.29, 0.717) is 18.1 Å². The molecule has 0 radical (unpaired) electrons. The first-order valence-corrected chi connectivity index (χ1v) is 6.38. The molecule has 18 heavy (non-hydrogen) atoms. The van der Waals surface area contributed by atoms with Crippen LogP contribution in [0.15, 0.2) is 36.4 Å². The average Bonchev–Trinajstić information content (AvgIpc) is 2.40. The Morgan fingerprint density at radius 2 is 2.39 bits per heavy atom. The highest BCUT2D eigenvalue weighted by Crippen LogP contribution is 2.29. The first-order chi connectivity index (χ1) is 8.72. The van der Waals surface area contributed by atoms with E-state index in [2.05, 4.69) is 18.0 Å². The molecule has 3 nitrogen and oxygen atoms in total. The molecule has 0 amide bonds. The van der Waals surface area contributed by atoms with Gasteiger partial charge in [-0.25, -0.2) is 4.79 Å². The number of esters is 1. The molecule has 0 bridgehead atoms. The highest BCUT2D eigenvalue weighted by molar-refractivity contribution is 5.89. The third-order valence-electron chi connectivity index (χ3n) is 3.25. The lowest BCUT2D eigenvalue weighted by molar-refractivity contribution is 0.0526. The first-order valence-electron chi connectivity index (χ1n) is 6.38. The van der Waals surface area contributed by atoms with Crippen molar-refractivity contribution in [1.82, 2.24) is 5.32 Å². The fraction of sp³-hybridized carbons (Fsp3) is 0.400. The van der Waals surface area contributed by atoms with Gasteiger partial charge in [-0.3, -0.25) is 0 Å². The summed E-state index contributed by atoms with van der Waals surface area (Å²) in [6.07, 6.45) is 1.03. The van der Waals surface area contributed by atoms with Crippen molar-refractivity contribution in [2.45, 2.75) is 19.3 Å². The Balaban J connectivity index is 2.21. The van der Waals surface area contributed by atoms with Gasteiger partial charge in [-0.2, -0.15) is 0 Å². The summed E-state index contributed by atoms with van der Waals surface area (Å²) in [5.41, 5.74) is 2.97. The number of ether oxygens (including phenoxy) is 1. The van der Waals surface area contributed by atoms with Crippen molar-refractivity contribution in [2.24, 2.45) is 0 Å². The van der Waals surface area contributed by atoms with Crippen LogP contribution in [0, 0.1) is 0 Å². The van der Waals surface area contributed by atoms with Crippen molar-refractivity contribution >= 4 is 5.97 Å². The predicted molar refractivity (Wildman–Crippen MR) is 71.8 cm³/mol. The fourth-order valence-corrected chi connectivity index (χ4v) is 2.32. The van der Waals surface area contributed by atoms with Gasteiger partial charge in [0.15, 0.2) is 0 Å². The number of carbonyl (C=O) groups excluding carboxylic acids is 1. The van der Waals surface area contributed by atoms with E-state index >= 15 is 0 Å². The molecule has 1 aliphatic heterocycles. The van der Waals surface area contributed by atoms with E-state index in [1.807, 2.05) is 19.1 Å². The second-order valence-corrected chi connectivity index (χ2v) is 4.52.